The van der Waals surface area contributed by atoms with Crippen LogP contribution in [0.1, 0.15) is 48.5 Å². The van der Waals surface area contributed by atoms with Crippen molar-refractivity contribution in [2.24, 2.45) is 5.92 Å². The molecule has 0 spiro atoms. The predicted octanol–water partition coefficient (Wildman–Crippen LogP) is 3.48. The fraction of sp³-hybridized carbons (Fsp3) is 1.00. The van der Waals surface area contributed by atoms with Gasteiger partial charge in [0, 0.05) is 6.61 Å². The lowest BCUT2D eigenvalue weighted by atomic mass is 10.2. The van der Waals surface area contributed by atoms with Gasteiger partial charge in [0.25, 0.3) is 0 Å². The molecule has 0 radical (unpaired) electrons. The van der Waals surface area contributed by atoms with Gasteiger partial charge in [0.2, 0.25) is 0 Å². The molecule has 0 aromatic rings. The lowest BCUT2D eigenvalue weighted by molar-refractivity contribution is -0.0167. The zero-order valence-electron chi connectivity index (χ0n) is 9.19. The van der Waals surface area contributed by atoms with Gasteiger partial charge in [-0.2, -0.15) is 0 Å². The minimum absolute atomic E-state index is 0.0320. The molecule has 1 heteroatoms. The lowest BCUT2D eigenvalue weighted by Gasteiger charge is -2.20. The monoisotopic (exact) mass is 160 g/mol. The van der Waals surface area contributed by atoms with Crippen LogP contribution < -0.4 is 0 Å². The first-order valence-electron chi connectivity index (χ1n) is 4.56. The summed E-state index contributed by atoms with van der Waals surface area (Å²) < 4.78 is 5.49. The highest BCUT2D eigenvalue weighted by Gasteiger charge is 2.09. The Hall–Kier alpha value is -0.0400. The molecule has 0 saturated heterocycles. The van der Waals surface area contributed by atoms with Crippen molar-refractivity contribution in [3.05, 3.63) is 0 Å². The fourth-order valence-corrected chi connectivity index (χ4v) is 0.417. The summed E-state index contributed by atoms with van der Waals surface area (Å²) in [5, 5.41) is 0. The van der Waals surface area contributed by atoms with Crippen LogP contribution in [0.5, 0.6) is 0 Å². The van der Waals surface area contributed by atoms with Crippen LogP contribution in [0.15, 0.2) is 0 Å². The van der Waals surface area contributed by atoms with Crippen LogP contribution in [0.4, 0.5) is 0 Å². The summed E-state index contributed by atoms with van der Waals surface area (Å²) in [5.74, 6) is 0.643. The normalized spacial score (nSPS) is 10.9. The number of rotatable bonds is 2. The average molecular weight is 160 g/mol. The van der Waals surface area contributed by atoms with Gasteiger partial charge in [-0.3, -0.25) is 0 Å². The third kappa shape index (κ3) is 17.8. The molecule has 0 bridgehead atoms. The quantitative estimate of drug-likeness (QED) is 0.601. The van der Waals surface area contributed by atoms with Crippen molar-refractivity contribution in [2.75, 3.05) is 6.61 Å². The molecule has 0 aromatic carbocycles. The smallest absolute Gasteiger partial charge is 0.0598 e. The molecule has 0 atom stereocenters. The molecule has 0 aliphatic carbocycles. The number of ether oxygens (including phenoxy) is 1. The second kappa shape index (κ2) is 6.66. The molecule has 0 rings (SSSR count). The van der Waals surface area contributed by atoms with Crippen molar-refractivity contribution in [3.63, 3.8) is 0 Å². The van der Waals surface area contributed by atoms with Gasteiger partial charge in [0.15, 0.2) is 0 Å². The Morgan fingerprint density at radius 3 is 1.55 bits per heavy atom. The maximum Gasteiger partial charge on any atom is 0.0598 e. The second-order valence-corrected chi connectivity index (χ2v) is 3.82. The van der Waals surface area contributed by atoms with Crippen molar-refractivity contribution >= 4 is 0 Å². The van der Waals surface area contributed by atoms with Gasteiger partial charge in [0.05, 0.1) is 5.60 Å². The second-order valence-electron chi connectivity index (χ2n) is 3.82. The molecule has 0 amide bonds. The number of hydrogen-bond donors (Lipinski definition) is 0. The average Bonchev–Trinajstić information content (AvgIpc) is 1.87. The molecule has 0 aromatic heterocycles. The first-order chi connectivity index (χ1) is 4.92. The van der Waals surface area contributed by atoms with E-state index in [0.717, 1.165) is 6.61 Å². The Morgan fingerprint density at radius 2 is 1.45 bits per heavy atom. The highest BCUT2D eigenvalue weighted by atomic mass is 16.5. The van der Waals surface area contributed by atoms with Crippen molar-refractivity contribution in [1.82, 2.24) is 0 Å². The first kappa shape index (κ1) is 13.5. The van der Waals surface area contributed by atoms with E-state index in [-0.39, 0.29) is 5.60 Å². The van der Waals surface area contributed by atoms with Crippen LogP contribution >= 0.6 is 0 Å². The summed E-state index contributed by atoms with van der Waals surface area (Å²) in [4.78, 5) is 0. The van der Waals surface area contributed by atoms with Crippen molar-refractivity contribution < 1.29 is 4.74 Å². The van der Waals surface area contributed by atoms with Crippen LogP contribution in [-0.2, 0) is 4.74 Å². The molecule has 0 saturated carbocycles. The van der Waals surface area contributed by atoms with Crippen molar-refractivity contribution in [3.8, 4) is 0 Å². The van der Waals surface area contributed by atoms with E-state index >= 15 is 0 Å². The van der Waals surface area contributed by atoms with Crippen molar-refractivity contribution in [1.29, 1.82) is 0 Å². The summed E-state index contributed by atoms with van der Waals surface area (Å²) in [7, 11) is 0. The standard InChI is InChI=1S/C8H18O.C2H6/c1-7(2)6-9-8(3,4)5;1-2/h7H,6H2,1-5H3;1-2H3. The molecule has 0 heterocycles. The van der Waals surface area contributed by atoms with Gasteiger partial charge in [-0.25, -0.2) is 0 Å². The maximum atomic E-state index is 5.49. The van der Waals surface area contributed by atoms with E-state index < -0.39 is 0 Å². The minimum Gasteiger partial charge on any atom is -0.376 e. The highest BCUT2D eigenvalue weighted by molar-refractivity contribution is 4.58. The van der Waals surface area contributed by atoms with Crippen LogP contribution in [0.3, 0.4) is 0 Å². The van der Waals surface area contributed by atoms with Crippen LogP contribution in [0.25, 0.3) is 0 Å². The largest absolute Gasteiger partial charge is 0.376 e. The van der Waals surface area contributed by atoms with Gasteiger partial charge in [-0.1, -0.05) is 27.7 Å². The Morgan fingerprint density at radius 1 is 1.09 bits per heavy atom. The lowest BCUT2D eigenvalue weighted by Crippen LogP contribution is -2.21. The van der Waals surface area contributed by atoms with Crippen molar-refractivity contribution in [2.45, 2.75) is 54.1 Å². The minimum atomic E-state index is 0.0320. The van der Waals surface area contributed by atoms with Crippen LogP contribution in [0, 0.1) is 5.92 Å². The summed E-state index contributed by atoms with van der Waals surface area (Å²) >= 11 is 0. The predicted molar refractivity (Wildman–Crippen MR) is 51.9 cm³/mol. The Labute approximate surface area is 72.1 Å². The molecule has 0 fully saturated rings. The van der Waals surface area contributed by atoms with E-state index in [2.05, 4.69) is 34.6 Å². The summed E-state index contributed by atoms with van der Waals surface area (Å²) in [6, 6.07) is 0. The molecule has 0 unspecified atom stereocenters. The molecule has 0 N–H and O–H groups in total. The van der Waals surface area contributed by atoms with Crippen LogP contribution in [-0.4, -0.2) is 12.2 Å². The highest BCUT2D eigenvalue weighted by Crippen LogP contribution is 2.08. The zero-order chi connectivity index (χ0) is 9.49. The van der Waals surface area contributed by atoms with E-state index in [1.54, 1.807) is 0 Å². The molecular weight excluding hydrogens is 136 g/mol. The van der Waals surface area contributed by atoms with E-state index in [4.69, 9.17) is 4.74 Å². The van der Waals surface area contributed by atoms with Gasteiger partial charge < -0.3 is 4.74 Å². The third-order valence-corrected chi connectivity index (χ3v) is 0.850. The van der Waals surface area contributed by atoms with Gasteiger partial charge in [0.1, 0.15) is 0 Å². The number of hydrogen-bond acceptors (Lipinski definition) is 1. The topological polar surface area (TPSA) is 9.23 Å². The van der Waals surface area contributed by atoms with Gasteiger partial charge in [-0.15, -0.1) is 0 Å². The Balaban J connectivity index is 0. The van der Waals surface area contributed by atoms with Gasteiger partial charge in [-0.05, 0) is 26.7 Å². The molecule has 70 valence electrons. The summed E-state index contributed by atoms with van der Waals surface area (Å²) in [6.07, 6.45) is 0. The summed E-state index contributed by atoms with van der Waals surface area (Å²) in [6.45, 7) is 15.4. The van der Waals surface area contributed by atoms with Crippen LogP contribution in [0.2, 0.25) is 0 Å². The Bertz CT molecular complexity index is 69.4. The summed E-state index contributed by atoms with van der Waals surface area (Å²) in [5.41, 5.74) is 0.0320. The Kier molecular flexibility index (Phi) is 8.20. The van der Waals surface area contributed by atoms with E-state index in [9.17, 15) is 0 Å². The molecule has 0 aliphatic rings. The van der Waals surface area contributed by atoms with E-state index in [0.29, 0.717) is 5.92 Å². The third-order valence-electron chi connectivity index (χ3n) is 0.850. The molecule has 1 nitrogen and oxygen atoms in total. The molecule has 0 aliphatic heterocycles. The fourth-order valence-electron chi connectivity index (χ4n) is 0.417. The maximum absolute atomic E-state index is 5.49. The molecular formula is C10H24O. The first-order valence-corrected chi connectivity index (χ1v) is 4.56. The zero-order valence-corrected chi connectivity index (χ0v) is 9.19. The van der Waals surface area contributed by atoms with E-state index in [1.165, 1.54) is 0 Å². The SMILES string of the molecule is CC.CC(C)COC(C)(C)C. The van der Waals surface area contributed by atoms with Gasteiger partial charge >= 0.3 is 0 Å². The molecule has 11 heavy (non-hydrogen) atoms. The van der Waals surface area contributed by atoms with E-state index in [1.807, 2.05) is 13.8 Å².